The van der Waals surface area contributed by atoms with Gasteiger partial charge in [0.1, 0.15) is 28.7 Å². The van der Waals surface area contributed by atoms with Gasteiger partial charge in [-0.1, -0.05) is 80.6 Å². The summed E-state index contributed by atoms with van der Waals surface area (Å²) in [5.41, 5.74) is 3.51. The lowest BCUT2D eigenvalue weighted by Crippen LogP contribution is -2.19. The quantitative estimate of drug-likeness (QED) is 0.158. The van der Waals surface area contributed by atoms with Gasteiger partial charge in [-0.3, -0.25) is 0 Å². The van der Waals surface area contributed by atoms with Crippen LogP contribution in [0.1, 0.15) is 25.0 Å². The average Bonchev–Trinajstić information content (AvgIpc) is 2.99. The van der Waals surface area contributed by atoms with E-state index < -0.39 is 12.3 Å². The Morgan fingerprint density at radius 3 is 1.21 bits per heavy atom. The minimum absolute atomic E-state index is 0.218. The number of benzene rings is 5. The molecule has 5 aromatic rings. The maximum atomic E-state index is 12.4. The van der Waals surface area contributed by atoms with E-state index in [4.69, 9.17) is 18.9 Å². The lowest BCUT2D eigenvalue weighted by Gasteiger charge is -2.26. The molecule has 5 rings (SSSR count). The van der Waals surface area contributed by atoms with Crippen molar-refractivity contribution in [3.05, 3.63) is 139 Å². The van der Waals surface area contributed by atoms with E-state index in [1.165, 1.54) is 0 Å². The number of ether oxygens (including phenoxy) is 4. The molecule has 0 radical (unpaired) electrons. The molecule has 0 aliphatic rings. The van der Waals surface area contributed by atoms with Crippen LogP contribution in [0, 0.1) is 0 Å². The highest BCUT2D eigenvalue weighted by atomic mass is 16.7. The number of para-hydroxylation sites is 1. The van der Waals surface area contributed by atoms with Crippen LogP contribution in [0.4, 0.5) is 9.59 Å². The lowest BCUT2D eigenvalue weighted by molar-refractivity contribution is 0.150. The monoisotopic (exact) mass is 560 g/mol. The second-order valence-corrected chi connectivity index (χ2v) is 9.97. The summed E-state index contributed by atoms with van der Waals surface area (Å²) in [6.45, 7) is 4.16. The molecule has 210 valence electrons. The zero-order valence-corrected chi connectivity index (χ0v) is 23.0. The molecule has 0 aromatic heterocycles. The lowest BCUT2D eigenvalue weighted by atomic mass is 9.78. The summed E-state index contributed by atoms with van der Waals surface area (Å²) in [5, 5.41) is 9.58. The van der Waals surface area contributed by atoms with Crippen molar-refractivity contribution in [2.75, 3.05) is 0 Å². The Kier molecular flexibility index (Phi) is 8.20. The fourth-order valence-corrected chi connectivity index (χ4v) is 4.33. The Labute approximate surface area is 243 Å². The van der Waals surface area contributed by atoms with Crippen molar-refractivity contribution in [2.45, 2.75) is 19.3 Å². The molecule has 1 N–H and O–H groups in total. The van der Waals surface area contributed by atoms with Crippen LogP contribution in [0.3, 0.4) is 0 Å². The average molecular weight is 561 g/mol. The Hall–Kier alpha value is -5.56. The zero-order chi connectivity index (χ0) is 29.5. The summed E-state index contributed by atoms with van der Waals surface area (Å²) >= 11 is 0. The summed E-state index contributed by atoms with van der Waals surface area (Å²) in [5.74, 6) is 1.65. The molecule has 0 spiro atoms. The Morgan fingerprint density at radius 2 is 0.810 bits per heavy atom. The number of phenols is 1. The van der Waals surface area contributed by atoms with E-state index in [-0.39, 0.29) is 11.2 Å². The van der Waals surface area contributed by atoms with E-state index in [9.17, 15) is 14.7 Å². The molecule has 5 aromatic carbocycles. The first-order valence-electron chi connectivity index (χ1n) is 13.2. The predicted octanol–water partition coefficient (Wildman–Crippen LogP) is 8.54. The van der Waals surface area contributed by atoms with Crippen LogP contribution in [0.2, 0.25) is 0 Å². The summed E-state index contributed by atoms with van der Waals surface area (Å²) in [6.07, 6.45) is -1.67. The third-order valence-electron chi connectivity index (χ3n) is 6.75. The molecular weight excluding hydrogens is 532 g/mol. The zero-order valence-electron chi connectivity index (χ0n) is 23.0. The van der Waals surface area contributed by atoms with Crippen molar-refractivity contribution in [2.24, 2.45) is 0 Å². The molecular formula is C35H28O7. The highest BCUT2D eigenvalue weighted by Gasteiger charge is 2.23. The molecule has 0 aliphatic heterocycles. The van der Waals surface area contributed by atoms with Crippen molar-refractivity contribution in [3.8, 4) is 39.9 Å². The SMILES string of the molecule is CC(C)(c1ccc(O)cc1)c1ccc(OC(=O)Oc2ccc(-c3ccc(OC(=O)Oc4ccccc4)cc3)cc2)cc1. The fourth-order valence-electron chi connectivity index (χ4n) is 4.33. The van der Waals surface area contributed by atoms with Crippen LogP contribution < -0.4 is 18.9 Å². The number of carbonyl (C=O) groups is 2. The molecule has 0 unspecified atom stereocenters. The van der Waals surface area contributed by atoms with Crippen molar-refractivity contribution < 1.29 is 33.6 Å². The third-order valence-corrected chi connectivity index (χ3v) is 6.75. The van der Waals surface area contributed by atoms with E-state index >= 15 is 0 Å². The van der Waals surface area contributed by atoms with Gasteiger partial charge in [0.25, 0.3) is 0 Å². The summed E-state index contributed by atoms with van der Waals surface area (Å²) < 4.78 is 21.1. The highest BCUT2D eigenvalue weighted by molar-refractivity contribution is 5.70. The predicted molar refractivity (Wildman–Crippen MR) is 158 cm³/mol. The van der Waals surface area contributed by atoms with Gasteiger partial charge in [-0.2, -0.15) is 0 Å². The molecule has 7 nitrogen and oxygen atoms in total. The normalized spacial score (nSPS) is 10.9. The second kappa shape index (κ2) is 12.3. The molecule has 0 saturated heterocycles. The van der Waals surface area contributed by atoms with Crippen molar-refractivity contribution in [1.29, 1.82) is 0 Å². The van der Waals surface area contributed by atoms with Gasteiger partial charge in [-0.05, 0) is 82.9 Å². The van der Waals surface area contributed by atoms with Crippen LogP contribution in [-0.4, -0.2) is 17.4 Å². The molecule has 42 heavy (non-hydrogen) atoms. The van der Waals surface area contributed by atoms with Crippen molar-refractivity contribution in [1.82, 2.24) is 0 Å². The molecule has 0 fully saturated rings. The number of hydrogen-bond donors (Lipinski definition) is 1. The Balaban J connectivity index is 1.14. The topological polar surface area (TPSA) is 91.3 Å². The van der Waals surface area contributed by atoms with Crippen molar-refractivity contribution in [3.63, 3.8) is 0 Å². The van der Waals surface area contributed by atoms with Gasteiger partial charge in [0.15, 0.2) is 0 Å². The van der Waals surface area contributed by atoms with Gasteiger partial charge >= 0.3 is 12.3 Å². The second-order valence-electron chi connectivity index (χ2n) is 9.97. The van der Waals surface area contributed by atoms with Crippen LogP contribution in [-0.2, 0) is 5.41 Å². The van der Waals surface area contributed by atoms with E-state index in [0.29, 0.717) is 23.0 Å². The number of aromatic hydroxyl groups is 1. The van der Waals surface area contributed by atoms with Crippen LogP contribution in [0.5, 0.6) is 28.7 Å². The molecule has 0 atom stereocenters. The standard InChI is InChI=1S/C35H28O7/c1-35(2,26-12-16-28(36)17-13-26)27-14-22-32(23-15-27)42-34(38)41-31-20-10-25(11-21-31)24-8-18-30(19-9-24)40-33(37)39-29-6-4-3-5-7-29/h3-23,36H,1-2H3. The number of carbonyl (C=O) groups excluding carboxylic acids is 2. The molecule has 0 amide bonds. The molecule has 0 aliphatic carbocycles. The molecule has 7 heteroatoms. The highest BCUT2D eigenvalue weighted by Crippen LogP contribution is 2.33. The molecule has 0 saturated carbocycles. The van der Waals surface area contributed by atoms with Gasteiger partial charge in [0.2, 0.25) is 0 Å². The number of rotatable bonds is 7. The maximum absolute atomic E-state index is 12.4. The summed E-state index contributed by atoms with van der Waals surface area (Å²) in [4.78, 5) is 24.4. The van der Waals surface area contributed by atoms with Crippen LogP contribution >= 0.6 is 0 Å². The van der Waals surface area contributed by atoms with Gasteiger partial charge in [0, 0.05) is 5.41 Å². The summed E-state index contributed by atoms with van der Waals surface area (Å²) in [6, 6.07) is 36.9. The van der Waals surface area contributed by atoms with Crippen LogP contribution in [0.15, 0.2) is 127 Å². The molecule has 0 bridgehead atoms. The first-order valence-corrected chi connectivity index (χ1v) is 13.2. The van der Waals surface area contributed by atoms with Gasteiger partial charge < -0.3 is 24.1 Å². The van der Waals surface area contributed by atoms with Gasteiger partial charge in [0.05, 0.1) is 0 Å². The minimum atomic E-state index is -0.850. The first-order chi connectivity index (χ1) is 20.3. The largest absolute Gasteiger partial charge is 0.519 e. The van der Waals surface area contributed by atoms with Crippen LogP contribution in [0.25, 0.3) is 11.1 Å². The Morgan fingerprint density at radius 1 is 0.476 bits per heavy atom. The summed E-state index contributed by atoms with van der Waals surface area (Å²) in [7, 11) is 0. The smallest absolute Gasteiger partial charge is 0.508 e. The van der Waals surface area contributed by atoms with E-state index in [2.05, 4.69) is 13.8 Å². The fraction of sp³-hybridized carbons (Fsp3) is 0.0857. The molecule has 0 heterocycles. The first kappa shape index (κ1) is 28.0. The maximum Gasteiger partial charge on any atom is 0.519 e. The number of hydrogen-bond acceptors (Lipinski definition) is 7. The van der Waals surface area contributed by atoms with E-state index in [1.54, 1.807) is 72.8 Å². The third kappa shape index (κ3) is 6.95. The van der Waals surface area contributed by atoms with Gasteiger partial charge in [-0.15, -0.1) is 0 Å². The van der Waals surface area contributed by atoms with Crippen molar-refractivity contribution >= 4 is 12.3 Å². The number of phenolic OH excluding ortho intramolecular Hbond substituents is 1. The van der Waals surface area contributed by atoms with E-state index in [0.717, 1.165) is 22.3 Å². The van der Waals surface area contributed by atoms with E-state index in [1.807, 2.05) is 54.6 Å². The minimum Gasteiger partial charge on any atom is -0.508 e. The Bertz CT molecular complexity index is 1640. The van der Waals surface area contributed by atoms with Gasteiger partial charge in [-0.25, -0.2) is 9.59 Å².